The highest BCUT2D eigenvalue weighted by atomic mass is 79.9. The largest absolute Gasteiger partial charge is 0.255 e. The van der Waals surface area contributed by atoms with E-state index in [0.717, 1.165) is 15.9 Å². The minimum Gasteiger partial charge on any atom is -0.255 e. The van der Waals surface area contributed by atoms with E-state index in [-0.39, 0.29) is 0 Å². The van der Waals surface area contributed by atoms with Crippen LogP contribution in [0, 0.1) is 0 Å². The van der Waals surface area contributed by atoms with Crippen molar-refractivity contribution in [2.45, 2.75) is 0 Å². The fourth-order valence-electron chi connectivity index (χ4n) is 1.01. The molecule has 5 heteroatoms. The number of pyridine rings is 1. The van der Waals surface area contributed by atoms with Crippen LogP contribution in [0.5, 0.6) is 0 Å². The van der Waals surface area contributed by atoms with Gasteiger partial charge in [-0.3, -0.25) is 4.68 Å². The van der Waals surface area contributed by atoms with E-state index in [9.17, 15) is 0 Å². The molecule has 2 aromatic heterocycles. The van der Waals surface area contributed by atoms with Crippen molar-refractivity contribution in [3.8, 4) is 11.3 Å². The molecule has 0 saturated carbocycles. The molecule has 66 valence electrons. The molecule has 2 aromatic rings. The Morgan fingerprint density at radius 2 is 2.23 bits per heavy atom. The summed E-state index contributed by atoms with van der Waals surface area (Å²) in [6.07, 6.45) is 3.61. The van der Waals surface area contributed by atoms with E-state index in [1.165, 1.54) is 0 Å². The van der Waals surface area contributed by atoms with E-state index in [2.05, 4.69) is 31.2 Å². The Bertz CT molecular complexity index is 406. The lowest BCUT2D eigenvalue weighted by Crippen LogP contribution is -1.85. The summed E-state index contributed by atoms with van der Waals surface area (Å²) in [5.74, 6) is 0. The van der Waals surface area contributed by atoms with Crippen molar-refractivity contribution in [2.75, 3.05) is 0 Å². The van der Waals surface area contributed by atoms with Crippen LogP contribution in [0.25, 0.3) is 11.3 Å². The van der Waals surface area contributed by atoms with Gasteiger partial charge in [0.2, 0.25) is 0 Å². The van der Waals surface area contributed by atoms with Crippen LogP contribution >= 0.6 is 15.9 Å². The molecule has 0 N–H and O–H groups in total. The summed E-state index contributed by atoms with van der Waals surface area (Å²) < 4.78 is 2.48. The molecule has 0 spiro atoms. The topological polar surface area (TPSA) is 43.6 Å². The summed E-state index contributed by atoms with van der Waals surface area (Å²) in [5, 5.41) is 7.82. The maximum absolute atomic E-state index is 4.10. The quantitative estimate of drug-likeness (QED) is 0.710. The summed E-state index contributed by atoms with van der Waals surface area (Å²) in [6, 6.07) is 3.82. The molecule has 13 heavy (non-hydrogen) atoms. The number of aromatic nitrogens is 4. The molecule has 0 amide bonds. The Balaban J connectivity index is 2.41. The molecule has 0 aliphatic carbocycles. The van der Waals surface area contributed by atoms with E-state index in [1.54, 1.807) is 10.9 Å². The summed E-state index contributed by atoms with van der Waals surface area (Å²) in [7, 11) is 1.84. The van der Waals surface area contributed by atoms with Gasteiger partial charge in [-0.15, -0.1) is 5.10 Å². The van der Waals surface area contributed by atoms with Crippen LogP contribution in [0.3, 0.4) is 0 Å². The van der Waals surface area contributed by atoms with Gasteiger partial charge in [-0.2, -0.15) is 0 Å². The fraction of sp³-hybridized carbons (Fsp3) is 0.125. The van der Waals surface area contributed by atoms with Crippen LogP contribution in [-0.2, 0) is 7.05 Å². The molecular weight excluding hydrogens is 232 g/mol. The monoisotopic (exact) mass is 238 g/mol. The third kappa shape index (κ3) is 1.75. The Morgan fingerprint density at radius 1 is 1.38 bits per heavy atom. The Morgan fingerprint density at radius 3 is 2.77 bits per heavy atom. The van der Waals surface area contributed by atoms with Gasteiger partial charge in [-0.25, -0.2) is 4.98 Å². The molecule has 0 fully saturated rings. The second-order valence-corrected chi connectivity index (χ2v) is 3.46. The molecule has 0 saturated heterocycles. The van der Waals surface area contributed by atoms with E-state index in [1.807, 2.05) is 25.4 Å². The Hall–Kier alpha value is -1.23. The molecule has 0 aromatic carbocycles. The highest BCUT2D eigenvalue weighted by Crippen LogP contribution is 2.16. The third-order valence-corrected chi connectivity index (χ3v) is 2.09. The third-order valence-electron chi connectivity index (χ3n) is 1.63. The van der Waals surface area contributed by atoms with E-state index < -0.39 is 0 Å². The van der Waals surface area contributed by atoms with Crippen LogP contribution in [0.15, 0.2) is 29.1 Å². The molecule has 2 rings (SSSR count). The number of halogens is 1. The predicted molar refractivity (Wildman–Crippen MR) is 51.9 cm³/mol. The van der Waals surface area contributed by atoms with E-state index in [4.69, 9.17) is 0 Å². The highest BCUT2D eigenvalue weighted by Gasteiger charge is 2.01. The number of hydrogen-bond donors (Lipinski definition) is 0. The molecule has 0 aliphatic heterocycles. The van der Waals surface area contributed by atoms with Gasteiger partial charge in [0.15, 0.2) is 0 Å². The van der Waals surface area contributed by atoms with Gasteiger partial charge in [0.05, 0.1) is 6.20 Å². The van der Waals surface area contributed by atoms with Gasteiger partial charge in [0.25, 0.3) is 0 Å². The maximum atomic E-state index is 4.10. The van der Waals surface area contributed by atoms with Crippen molar-refractivity contribution in [3.05, 3.63) is 29.1 Å². The molecule has 4 nitrogen and oxygen atoms in total. The lowest BCUT2D eigenvalue weighted by Gasteiger charge is -1.93. The zero-order valence-electron chi connectivity index (χ0n) is 6.98. The lowest BCUT2D eigenvalue weighted by molar-refractivity contribution is 0.715. The van der Waals surface area contributed by atoms with Crippen molar-refractivity contribution in [1.29, 1.82) is 0 Å². The Kier molecular flexibility index (Phi) is 2.10. The average Bonchev–Trinajstić information content (AvgIpc) is 2.53. The molecular formula is C8H7BrN4. The zero-order chi connectivity index (χ0) is 9.26. The number of aryl methyl sites for hydroxylation is 1. The summed E-state index contributed by atoms with van der Waals surface area (Å²) >= 11 is 3.27. The predicted octanol–water partition coefficient (Wildman–Crippen LogP) is 1.64. The van der Waals surface area contributed by atoms with Gasteiger partial charge in [-0.05, 0) is 28.1 Å². The molecule has 0 atom stereocenters. The summed E-state index contributed by atoms with van der Waals surface area (Å²) in [4.78, 5) is 4.10. The van der Waals surface area contributed by atoms with Gasteiger partial charge in [0.1, 0.15) is 10.3 Å². The van der Waals surface area contributed by atoms with E-state index >= 15 is 0 Å². The van der Waals surface area contributed by atoms with Crippen LogP contribution in [0.2, 0.25) is 0 Å². The zero-order valence-corrected chi connectivity index (χ0v) is 8.56. The number of rotatable bonds is 1. The minimum absolute atomic E-state index is 0.820. The average molecular weight is 239 g/mol. The van der Waals surface area contributed by atoms with Crippen molar-refractivity contribution in [3.63, 3.8) is 0 Å². The minimum atomic E-state index is 0.820. The highest BCUT2D eigenvalue weighted by molar-refractivity contribution is 9.10. The summed E-state index contributed by atoms with van der Waals surface area (Å²) in [5.41, 5.74) is 1.80. The van der Waals surface area contributed by atoms with Crippen molar-refractivity contribution < 1.29 is 0 Å². The molecule has 0 bridgehead atoms. The Labute approximate surface area is 83.7 Å². The smallest absolute Gasteiger partial charge is 0.114 e. The van der Waals surface area contributed by atoms with Crippen LogP contribution in [0.4, 0.5) is 0 Å². The maximum Gasteiger partial charge on any atom is 0.114 e. The second-order valence-electron chi connectivity index (χ2n) is 2.65. The van der Waals surface area contributed by atoms with Crippen LogP contribution in [-0.4, -0.2) is 20.0 Å². The standard InChI is InChI=1S/C8H7BrN4/c1-13-5-7(11-12-13)6-2-3-8(9)10-4-6/h2-5H,1H3. The molecule has 0 radical (unpaired) electrons. The van der Waals surface area contributed by atoms with Gasteiger partial charge in [0, 0.05) is 18.8 Å². The SMILES string of the molecule is Cn1cc(-c2ccc(Br)nc2)nn1. The van der Waals surface area contributed by atoms with Crippen LogP contribution < -0.4 is 0 Å². The van der Waals surface area contributed by atoms with Crippen LogP contribution in [0.1, 0.15) is 0 Å². The van der Waals surface area contributed by atoms with Crippen molar-refractivity contribution >= 4 is 15.9 Å². The molecule has 0 aliphatic rings. The fourth-order valence-corrected chi connectivity index (χ4v) is 1.24. The van der Waals surface area contributed by atoms with Gasteiger partial charge < -0.3 is 0 Å². The first kappa shape index (κ1) is 8.37. The first-order valence-electron chi connectivity index (χ1n) is 3.74. The number of hydrogen-bond acceptors (Lipinski definition) is 3. The first-order chi connectivity index (χ1) is 6.25. The summed E-state index contributed by atoms with van der Waals surface area (Å²) in [6.45, 7) is 0. The van der Waals surface area contributed by atoms with Crippen molar-refractivity contribution in [2.24, 2.45) is 7.05 Å². The first-order valence-corrected chi connectivity index (χ1v) is 4.53. The second kappa shape index (κ2) is 3.26. The lowest BCUT2D eigenvalue weighted by atomic mass is 10.2. The van der Waals surface area contributed by atoms with Gasteiger partial charge >= 0.3 is 0 Å². The molecule has 0 unspecified atom stereocenters. The van der Waals surface area contributed by atoms with Gasteiger partial charge in [-0.1, -0.05) is 5.21 Å². The van der Waals surface area contributed by atoms with Crippen molar-refractivity contribution in [1.82, 2.24) is 20.0 Å². The number of nitrogens with zero attached hydrogens (tertiary/aromatic N) is 4. The molecule has 2 heterocycles. The normalized spacial score (nSPS) is 10.3. The van der Waals surface area contributed by atoms with E-state index in [0.29, 0.717) is 0 Å².